The zero-order chi connectivity index (χ0) is 14.2. The Hall–Kier alpha value is -1.28. The van der Waals surface area contributed by atoms with Crippen LogP contribution in [0, 0.1) is 0 Å². The molecule has 0 atom stereocenters. The second-order valence-corrected chi connectivity index (χ2v) is 2.98. The quantitative estimate of drug-likeness (QED) is 0.234. The molecule has 0 rings (SSSR count). The third kappa shape index (κ3) is 24.2. The summed E-state index contributed by atoms with van der Waals surface area (Å²) in [7, 11) is 0. The molecule has 13 heteroatoms. The van der Waals surface area contributed by atoms with Crippen molar-refractivity contribution in [1.29, 1.82) is 0 Å². The Morgan fingerprint density at radius 1 is 0.905 bits per heavy atom. The van der Waals surface area contributed by atoms with Gasteiger partial charge < -0.3 is 48.8 Å². The van der Waals surface area contributed by atoms with E-state index in [1.54, 1.807) is 0 Å². The second kappa shape index (κ2) is 16.8. The van der Waals surface area contributed by atoms with Gasteiger partial charge in [0.15, 0.2) is 0 Å². The van der Waals surface area contributed by atoms with Crippen molar-refractivity contribution < 1.29 is 74.3 Å². The smallest absolute Gasteiger partial charge is 0.547 e. The number of aliphatic hydroxyl groups is 1. The van der Waals surface area contributed by atoms with E-state index in [0.29, 0.717) is 0 Å². The molecular weight excluding hydrogens is 305 g/mol. The number of rotatable bonds is 5. The van der Waals surface area contributed by atoms with Gasteiger partial charge in [-0.1, -0.05) is 0 Å². The number of aliphatic carboxylic acids is 4. The van der Waals surface area contributed by atoms with Crippen LogP contribution in [0.3, 0.4) is 0 Å². The molecule has 0 aromatic heterocycles. The van der Waals surface area contributed by atoms with Crippen molar-refractivity contribution in [2.75, 3.05) is 0 Å². The molecule has 0 saturated heterocycles. The first-order chi connectivity index (χ1) is 7.51. The van der Waals surface area contributed by atoms with Crippen molar-refractivity contribution >= 4 is 23.9 Å². The summed E-state index contributed by atoms with van der Waals surface area (Å²) in [4.78, 5) is 39.3. The van der Waals surface area contributed by atoms with Gasteiger partial charge in [-0.25, -0.2) is 0 Å². The average Bonchev–Trinajstić information content (AvgIpc) is 1.98. The van der Waals surface area contributed by atoms with Gasteiger partial charge in [-0.05, 0) is 0 Å². The molecule has 0 amide bonds. The largest absolute Gasteiger partial charge is 1.00 e. The molecule has 0 aliphatic carbocycles. The SMILES string of the molecule is CC(=O)O.N.N.N.O=C(O)CC(O)(CC(=O)O)C(=O)[O-].[Na+]. The van der Waals surface area contributed by atoms with Crippen molar-refractivity contribution in [3.05, 3.63) is 0 Å². The summed E-state index contributed by atoms with van der Waals surface area (Å²) >= 11 is 0. The van der Waals surface area contributed by atoms with Gasteiger partial charge >= 0.3 is 41.5 Å². The van der Waals surface area contributed by atoms with Gasteiger partial charge in [0, 0.05) is 6.92 Å². The molecule has 13 N–H and O–H groups in total. The summed E-state index contributed by atoms with van der Waals surface area (Å²) in [6.45, 7) is 1.08. The predicted molar refractivity (Wildman–Crippen MR) is 62.8 cm³/mol. The van der Waals surface area contributed by atoms with Crippen LogP contribution in [0.5, 0.6) is 0 Å². The van der Waals surface area contributed by atoms with Gasteiger partial charge in [-0.15, -0.1) is 0 Å². The van der Waals surface area contributed by atoms with Gasteiger partial charge in [-0.2, -0.15) is 0 Å². The van der Waals surface area contributed by atoms with Gasteiger partial charge in [0.2, 0.25) is 0 Å². The number of hydrogen-bond donors (Lipinski definition) is 7. The molecule has 12 nitrogen and oxygen atoms in total. The molecule has 0 heterocycles. The van der Waals surface area contributed by atoms with Gasteiger partial charge in [0.1, 0.15) is 5.60 Å². The fourth-order valence-corrected chi connectivity index (χ4v) is 0.707. The van der Waals surface area contributed by atoms with Crippen LogP contribution in [0.15, 0.2) is 0 Å². The first-order valence-electron chi connectivity index (χ1n) is 4.08. The molecule has 0 fully saturated rings. The molecule has 0 bridgehead atoms. The first-order valence-corrected chi connectivity index (χ1v) is 4.08. The van der Waals surface area contributed by atoms with Crippen LogP contribution in [0.25, 0.3) is 0 Å². The molecule has 0 saturated carbocycles. The Balaban J connectivity index is -0.0000000629. The van der Waals surface area contributed by atoms with Crippen LogP contribution in [0.4, 0.5) is 0 Å². The Morgan fingerprint density at radius 2 is 1.10 bits per heavy atom. The maximum Gasteiger partial charge on any atom is 1.00 e. The maximum atomic E-state index is 10.2. The van der Waals surface area contributed by atoms with Crippen molar-refractivity contribution in [2.24, 2.45) is 0 Å². The molecule has 0 aromatic rings. The van der Waals surface area contributed by atoms with Crippen LogP contribution in [-0.2, 0) is 19.2 Å². The monoisotopic (exact) mass is 325 g/mol. The summed E-state index contributed by atoms with van der Waals surface area (Å²) in [5.74, 6) is -6.18. The first kappa shape index (κ1) is 36.7. The standard InChI is InChI=1S/C6H8O7.C2H4O2.3H3N.Na/c7-3(8)1-6(13,5(11)12)2-4(9)10;1-2(3)4;;;;/h13H,1-2H2,(H,7,8)(H,9,10)(H,11,12);1H3,(H,3,4);3*1H3;/q;;;;;+1/p-1. The minimum absolute atomic E-state index is 0. The van der Waals surface area contributed by atoms with E-state index in [4.69, 9.17) is 25.2 Å². The van der Waals surface area contributed by atoms with Crippen molar-refractivity contribution in [3.8, 4) is 0 Å². The Morgan fingerprint density at radius 3 is 1.19 bits per heavy atom. The van der Waals surface area contributed by atoms with Crippen molar-refractivity contribution in [1.82, 2.24) is 18.5 Å². The number of carboxylic acid groups (broad SMARTS) is 4. The van der Waals surface area contributed by atoms with Crippen LogP contribution in [0.1, 0.15) is 19.8 Å². The molecule has 122 valence electrons. The molecule has 0 aliphatic rings. The van der Waals surface area contributed by atoms with E-state index in [1.807, 2.05) is 0 Å². The van der Waals surface area contributed by atoms with Crippen LogP contribution >= 0.6 is 0 Å². The summed E-state index contributed by atoms with van der Waals surface area (Å²) in [6.07, 6.45) is -2.41. The van der Waals surface area contributed by atoms with E-state index < -0.39 is 42.3 Å². The Kier molecular flexibility index (Phi) is 29.3. The predicted octanol–water partition coefficient (Wildman–Crippen LogP) is -5.00. The molecule has 21 heavy (non-hydrogen) atoms. The number of hydrogen-bond acceptors (Lipinski definition) is 9. The number of carbonyl (C=O) groups excluding carboxylic acids is 1. The van der Waals surface area contributed by atoms with Crippen molar-refractivity contribution in [2.45, 2.75) is 25.4 Å². The van der Waals surface area contributed by atoms with Gasteiger partial charge in [0.05, 0.1) is 18.8 Å². The van der Waals surface area contributed by atoms with Crippen molar-refractivity contribution in [3.63, 3.8) is 0 Å². The van der Waals surface area contributed by atoms with E-state index >= 15 is 0 Å². The minimum atomic E-state index is -2.85. The van der Waals surface area contributed by atoms with Crippen LogP contribution in [0.2, 0.25) is 0 Å². The molecule has 0 aliphatic heterocycles. The van der Waals surface area contributed by atoms with E-state index in [1.165, 1.54) is 0 Å². The number of carboxylic acids is 4. The molecular formula is C8H20N3NaO9. The topological polar surface area (TPSA) is 277 Å². The Bertz CT molecular complexity index is 317. The molecule has 0 radical (unpaired) electrons. The summed E-state index contributed by atoms with van der Waals surface area (Å²) < 4.78 is 0. The summed E-state index contributed by atoms with van der Waals surface area (Å²) in [5.41, 5.74) is -2.85. The van der Waals surface area contributed by atoms with Gasteiger partial charge in [0.25, 0.3) is 5.97 Å². The number of carbonyl (C=O) groups is 4. The van der Waals surface area contributed by atoms with E-state index in [9.17, 15) is 19.5 Å². The third-order valence-electron chi connectivity index (χ3n) is 1.27. The summed E-state index contributed by atoms with van der Waals surface area (Å²) in [5, 5.41) is 43.0. The van der Waals surface area contributed by atoms with E-state index in [-0.39, 0.29) is 48.0 Å². The zero-order valence-electron chi connectivity index (χ0n) is 11.9. The molecule has 0 unspecified atom stereocenters. The average molecular weight is 325 g/mol. The van der Waals surface area contributed by atoms with Crippen LogP contribution < -0.4 is 53.1 Å². The molecule has 0 aromatic carbocycles. The van der Waals surface area contributed by atoms with E-state index in [2.05, 4.69) is 0 Å². The fourth-order valence-electron chi connectivity index (χ4n) is 0.707. The summed E-state index contributed by atoms with van der Waals surface area (Å²) in [6, 6.07) is 0. The molecule has 0 spiro atoms. The fraction of sp³-hybridized carbons (Fsp3) is 0.500. The van der Waals surface area contributed by atoms with E-state index in [0.717, 1.165) is 6.92 Å². The minimum Gasteiger partial charge on any atom is -0.547 e. The second-order valence-electron chi connectivity index (χ2n) is 2.98. The maximum absolute atomic E-state index is 10.2. The normalized spacial score (nSPS) is 7.90. The Labute approximate surface area is 142 Å². The third-order valence-corrected chi connectivity index (χ3v) is 1.27. The van der Waals surface area contributed by atoms with Crippen LogP contribution in [-0.4, -0.2) is 49.9 Å². The zero-order valence-corrected chi connectivity index (χ0v) is 13.9. The van der Waals surface area contributed by atoms with Gasteiger partial charge in [-0.3, -0.25) is 14.4 Å².